The molecule has 0 spiro atoms. The summed E-state index contributed by atoms with van der Waals surface area (Å²) in [5.74, 6) is -0.111. The van der Waals surface area contributed by atoms with Crippen molar-refractivity contribution in [2.75, 3.05) is 11.9 Å². The van der Waals surface area contributed by atoms with Crippen LogP contribution in [0.3, 0.4) is 0 Å². The second-order valence-corrected chi connectivity index (χ2v) is 8.02. The van der Waals surface area contributed by atoms with Gasteiger partial charge >= 0.3 is 0 Å². The molecule has 0 bridgehead atoms. The molecule has 2 rings (SSSR count). The predicted octanol–water partition coefficient (Wildman–Crippen LogP) is 4.67. The first-order chi connectivity index (χ1) is 12.7. The van der Waals surface area contributed by atoms with E-state index in [2.05, 4.69) is 26.1 Å². The van der Waals surface area contributed by atoms with Gasteiger partial charge in [0, 0.05) is 32.1 Å². The Bertz CT molecular complexity index is 789. The van der Waals surface area contributed by atoms with E-state index in [1.165, 1.54) is 5.56 Å². The van der Waals surface area contributed by atoms with E-state index in [-0.39, 0.29) is 23.7 Å². The van der Waals surface area contributed by atoms with Crippen LogP contribution in [0, 0.1) is 6.92 Å². The van der Waals surface area contributed by atoms with E-state index in [1.54, 1.807) is 11.8 Å². The third-order valence-corrected chi connectivity index (χ3v) is 4.56. The van der Waals surface area contributed by atoms with Crippen LogP contribution in [0.1, 0.15) is 50.8 Å². The summed E-state index contributed by atoms with van der Waals surface area (Å²) in [6, 6.07) is 16.0. The number of benzene rings is 2. The first-order valence-electron chi connectivity index (χ1n) is 9.37. The van der Waals surface area contributed by atoms with Gasteiger partial charge in [-0.15, -0.1) is 0 Å². The Morgan fingerprint density at radius 2 is 1.63 bits per heavy atom. The number of carbonyl (C=O) groups is 2. The third-order valence-electron chi connectivity index (χ3n) is 4.56. The molecule has 1 N–H and O–H groups in total. The fourth-order valence-corrected chi connectivity index (χ4v) is 2.96. The Balaban J connectivity index is 1.98. The number of rotatable bonds is 6. The lowest BCUT2D eigenvalue weighted by Crippen LogP contribution is -2.31. The number of amides is 2. The van der Waals surface area contributed by atoms with Gasteiger partial charge in [0.15, 0.2) is 0 Å². The van der Waals surface area contributed by atoms with Crippen molar-refractivity contribution < 1.29 is 9.59 Å². The number of nitrogens with one attached hydrogen (secondary N) is 1. The number of nitrogens with zero attached hydrogens (tertiary/aromatic N) is 1. The highest BCUT2D eigenvalue weighted by Crippen LogP contribution is 2.29. The van der Waals surface area contributed by atoms with Crippen LogP contribution in [0.25, 0.3) is 0 Å². The standard InChI is InChI=1S/C23H30N2O2/c1-17-10-12-19(13-11-17)16-25(18(2)26)15-14-22(27)24-21-9-7-6-8-20(21)23(3,4)5/h6-13H,14-16H2,1-5H3,(H,24,27). The Kier molecular flexibility index (Phi) is 6.78. The molecule has 0 fully saturated rings. The van der Waals surface area contributed by atoms with Gasteiger partial charge in [0.1, 0.15) is 0 Å². The molecule has 0 heterocycles. The number of carbonyl (C=O) groups excluding carboxylic acids is 2. The number of anilines is 1. The molecule has 0 saturated heterocycles. The summed E-state index contributed by atoms with van der Waals surface area (Å²) in [7, 11) is 0. The average Bonchev–Trinajstić information content (AvgIpc) is 2.59. The number of para-hydroxylation sites is 1. The quantitative estimate of drug-likeness (QED) is 0.808. The van der Waals surface area contributed by atoms with E-state index in [0.717, 1.165) is 16.8 Å². The summed E-state index contributed by atoms with van der Waals surface area (Å²) in [4.78, 5) is 26.1. The van der Waals surface area contributed by atoms with E-state index in [9.17, 15) is 9.59 Å². The van der Waals surface area contributed by atoms with Gasteiger partial charge in [0.05, 0.1) is 0 Å². The van der Waals surface area contributed by atoms with Gasteiger partial charge in [-0.1, -0.05) is 68.8 Å². The smallest absolute Gasteiger partial charge is 0.226 e. The van der Waals surface area contributed by atoms with Gasteiger partial charge < -0.3 is 10.2 Å². The van der Waals surface area contributed by atoms with Crippen LogP contribution < -0.4 is 5.32 Å². The first-order valence-corrected chi connectivity index (χ1v) is 9.37. The maximum absolute atomic E-state index is 12.5. The van der Waals surface area contributed by atoms with E-state index < -0.39 is 0 Å². The maximum atomic E-state index is 12.5. The molecular weight excluding hydrogens is 336 g/mol. The van der Waals surface area contributed by atoms with Crippen molar-refractivity contribution in [1.29, 1.82) is 0 Å². The predicted molar refractivity (Wildman–Crippen MR) is 111 cm³/mol. The van der Waals surface area contributed by atoms with Crippen LogP contribution in [0.15, 0.2) is 48.5 Å². The molecule has 0 saturated carbocycles. The molecule has 0 aliphatic carbocycles. The monoisotopic (exact) mass is 366 g/mol. The molecule has 27 heavy (non-hydrogen) atoms. The molecule has 4 heteroatoms. The molecule has 0 aliphatic heterocycles. The molecule has 2 aromatic rings. The highest BCUT2D eigenvalue weighted by atomic mass is 16.2. The molecule has 0 aliphatic rings. The Labute approximate surface area is 162 Å². The molecule has 0 radical (unpaired) electrons. The summed E-state index contributed by atoms with van der Waals surface area (Å²) in [6.07, 6.45) is 0.268. The largest absolute Gasteiger partial charge is 0.338 e. The van der Waals surface area contributed by atoms with Gasteiger partial charge in [-0.05, 0) is 29.5 Å². The molecule has 0 aromatic heterocycles. The topological polar surface area (TPSA) is 49.4 Å². The van der Waals surface area contributed by atoms with Crippen molar-refractivity contribution in [3.63, 3.8) is 0 Å². The zero-order valence-electron chi connectivity index (χ0n) is 17.0. The molecule has 4 nitrogen and oxygen atoms in total. The van der Waals surface area contributed by atoms with Crippen LogP contribution in [0.2, 0.25) is 0 Å². The van der Waals surface area contributed by atoms with E-state index >= 15 is 0 Å². The highest BCUT2D eigenvalue weighted by Gasteiger charge is 2.19. The van der Waals surface area contributed by atoms with Gasteiger partial charge in [0.25, 0.3) is 0 Å². The molecule has 0 unspecified atom stereocenters. The average molecular weight is 367 g/mol. The second kappa shape index (κ2) is 8.85. The maximum Gasteiger partial charge on any atom is 0.226 e. The Hall–Kier alpha value is -2.62. The fraction of sp³-hybridized carbons (Fsp3) is 0.391. The van der Waals surface area contributed by atoms with Gasteiger partial charge in [0.2, 0.25) is 11.8 Å². The molecule has 144 valence electrons. The lowest BCUT2D eigenvalue weighted by Gasteiger charge is -2.24. The van der Waals surface area contributed by atoms with Crippen molar-refractivity contribution in [1.82, 2.24) is 4.90 Å². The van der Waals surface area contributed by atoms with Crippen molar-refractivity contribution >= 4 is 17.5 Å². The minimum Gasteiger partial charge on any atom is -0.338 e. The zero-order valence-corrected chi connectivity index (χ0v) is 17.0. The van der Waals surface area contributed by atoms with Crippen LogP contribution in [0.4, 0.5) is 5.69 Å². The summed E-state index contributed by atoms with van der Waals surface area (Å²) < 4.78 is 0. The fourth-order valence-electron chi connectivity index (χ4n) is 2.96. The van der Waals surface area contributed by atoms with Gasteiger partial charge in [-0.3, -0.25) is 9.59 Å². The van der Waals surface area contributed by atoms with Crippen molar-refractivity contribution in [2.45, 2.75) is 53.0 Å². The van der Waals surface area contributed by atoms with Crippen molar-refractivity contribution in [3.05, 3.63) is 65.2 Å². The van der Waals surface area contributed by atoms with Gasteiger partial charge in [-0.25, -0.2) is 0 Å². The third kappa shape index (κ3) is 6.24. The Morgan fingerprint density at radius 1 is 1.00 bits per heavy atom. The molecule has 2 amide bonds. The van der Waals surface area contributed by atoms with E-state index in [4.69, 9.17) is 0 Å². The van der Waals surface area contributed by atoms with Crippen LogP contribution >= 0.6 is 0 Å². The summed E-state index contributed by atoms with van der Waals surface area (Å²) in [5.41, 5.74) is 4.13. The van der Waals surface area contributed by atoms with E-state index in [0.29, 0.717) is 13.1 Å². The highest BCUT2D eigenvalue weighted by molar-refractivity contribution is 5.92. The summed E-state index contributed by atoms with van der Waals surface area (Å²) in [5, 5.41) is 3.01. The SMILES string of the molecule is CC(=O)N(CCC(=O)Nc1ccccc1C(C)(C)C)Cc1ccc(C)cc1. The minimum atomic E-state index is -0.0816. The van der Waals surface area contributed by atoms with E-state index in [1.807, 2.05) is 55.5 Å². The zero-order chi connectivity index (χ0) is 20.0. The number of aryl methyl sites for hydroxylation is 1. The van der Waals surface area contributed by atoms with Crippen LogP contribution in [-0.4, -0.2) is 23.3 Å². The Morgan fingerprint density at radius 3 is 2.22 bits per heavy atom. The van der Waals surface area contributed by atoms with Crippen molar-refractivity contribution in [2.24, 2.45) is 0 Å². The lowest BCUT2D eigenvalue weighted by molar-refractivity contribution is -0.129. The van der Waals surface area contributed by atoms with Crippen LogP contribution in [0.5, 0.6) is 0 Å². The van der Waals surface area contributed by atoms with Crippen LogP contribution in [-0.2, 0) is 21.5 Å². The number of hydrogen-bond acceptors (Lipinski definition) is 2. The first kappa shape index (κ1) is 20.7. The second-order valence-electron chi connectivity index (χ2n) is 8.02. The van der Waals surface area contributed by atoms with Crippen molar-refractivity contribution in [3.8, 4) is 0 Å². The summed E-state index contributed by atoms with van der Waals surface area (Å²) in [6.45, 7) is 10.9. The molecular formula is C23H30N2O2. The minimum absolute atomic E-state index is 0.0292. The number of hydrogen-bond donors (Lipinski definition) is 1. The molecule has 0 atom stereocenters. The summed E-state index contributed by atoms with van der Waals surface area (Å²) >= 11 is 0. The van der Waals surface area contributed by atoms with Gasteiger partial charge in [-0.2, -0.15) is 0 Å². The lowest BCUT2D eigenvalue weighted by atomic mass is 9.86. The molecule has 2 aromatic carbocycles. The normalized spacial score (nSPS) is 11.1.